The molecule has 0 aliphatic carbocycles. The van der Waals surface area contributed by atoms with Crippen molar-refractivity contribution in [3.05, 3.63) is 66.0 Å². The van der Waals surface area contributed by atoms with Crippen LogP contribution in [-0.4, -0.2) is 18.1 Å². The molecule has 124 valence electrons. The van der Waals surface area contributed by atoms with Crippen LogP contribution >= 0.6 is 0 Å². The monoisotopic (exact) mass is 347 g/mol. The number of halogens is 1. The average molecular weight is 347 g/mol. The molecule has 0 amide bonds. The van der Waals surface area contributed by atoms with Gasteiger partial charge in [-0.3, -0.25) is 4.55 Å². The maximum absolute atomic E-state index is 13.6. The summed E-state index contributed by atoms with van der Waals surface area (Å²) in [5.74, 6) is -0.571. The van der Waals surface area contributed by atoms with E-state index in [0.29, 0.717) is 22.0 Å². The molecular weight excluding hydrogens is 333 g/mol. The second-order valence-corrected chi connectivity index (χ2v) is 6.72. The molecule has 0 fully saturated rings. The number of aromatic hydroxyl groups is 1. The molecular formula is C17H14FNO4S. The van der Waals surface area contributed by atoms with E-state index in [-0.39, 0.29) is 18.1 Å². The Bertz CT molecular complexity index is 1020. The van der Waals surface area contributed by atoms with Crippen LogP contribution in [0.3, 0.4) is 0 Å². The molecule has 0 unspecified atom stereocenters. The first-order valence-corrected chi connectivity index (χ1v) is 8.50. The zero-order valence-electron chi connectivity index (χ0n) is 12.4. The quantitative estimate of drug-likeness (QED) is 0.629. The van der Waals surface area contributed by atoms with E-state index in [1.807, 2.05) is 0 Å². The van der Waals surface area contributed by atoms with E-state index in [1.54, 1.807) is 36.4 Å². The van der Waals surface area contributed by atoms with Gasteiger partial charge in [-0.1, -0.05) is 18.2 Å². The Hall–Kier alpha value is -2.64. The third-order valence-corrected chi connectivity index (χ3v) is 4.47. The van der Waals surface area contributed by atoms with Gasteiger partial charge in [-0.25, -0.2) is 4.39 Å². The maximum Gasteiger partial charge on any atom is 0.294 e. The minimum Gasteiger partial charge on any atom is -0.507 e. The molecule has 24 heavy (non-hydrogen) atoms. The molecule has 0 saturated carbocycles. The highest BCUT2D eigenvalue weighted by Crippen LogP contribution is 2.30. The summed E-state index contributed by atoms with van der Waals surface area (Å²) in [7, 11) is -4.42. The Kier molecular flexibility index (Phi) is 4.13. The van der Waals surface area contributed by atoms with Crippen LogP contribution in [0.1, 0.15) is 5.56 Å². The van der Waals surface area contributed by atoms with Crippen molar-refractivity contribution in [2.75, 3.05) is 5.32 Å². The summed E-state index contributed by atoms with van der Waals surface area (Å²) in [6.45, 7) is 0.252. The zero-order valence-corrected chi connectivity index (χ0v) is 13.2. The van der Waals surface area contributed by atoms with Gasteiger partial charge in [-0.2, -0.15) is 8.42 Å². The highest BCUT2D eigenvalue weighted by molar-refractivity contribution is 7.85. The molecule has 0 spiro atoms. The van der Waals surface area contributed by atoms with Gasteiger partial charge in [0.25, 0.3) is 10.1 Å². The van der Waals surface area contributed by atoms with Crippen molar-refractivity contribution >= 4 is 26.6 Å². The normalized spacial score (nSPS) is 11.6. The Labute approximate surface area is 138 Å². The van der Waals surface area contributed by atoms with Crippen molar-refractivity contribution in [3.63, 3.8) is 0 Å². The van der Waals surface area contributed by atoms with Crippen molar-refractivity contribution < 1.29 is 22.5 Å². The highest BCUT2D eigenvalue weighted by Gasteiger charge is 2.13. The van der Waals surface area contributed by atoms with E-state index in [9.17, 15) is 17.9 Å². The van der Waals surface area contributed by atoms with Crippen LogP contribution in [0.5, 0.6) is 5.75 Å². The van der Waals surface area contributed by atoms with E-state index in [0.717, 1.165) is 6.07 Å². The number of hydrogen-bond donors (Lipinski definition) is 3. The molecule has 3 rings (SSSR count). The molecule has 0 aliphatic rings. The zero-order chi connectivity index (χ0) is 17.3. The molecule has 3 aromatic rings. The summed E-state index contributed by atoms with van der Waals surface area (Å²) in [6, 6.07) is 13.5. The van der Waals surface area contributed by atoms with Crippen LogP contribution in [0.2, 0.25) is 0 Å². The number of nitrogens with one attached hydrogen (secondary N) is 1. The maximum atomic E-state index is 13.6. The van der Waals surface area contributed by atoms with E-state index < -0.39 is 15.0 Å². The van der Waals surface area contributed by atoms with Gasteiger partial charge in [0.2, 0.25) is 0 Å². The van der Waals surface area contributed by atoms with E-state index in [4.69, 9.17) is 4.55 Å². The number of phenols is 1. The fraction of sp³-hybridized carbons (Fsp3) is 0.0588. The van der Waals surface area contributed by atoms with Crippen molar-refractivity contribution in [2.24, 2.45) is 0 Å². The molecule has 5 nitrogen and oxygen atoms in total. The molecule has 3 aromatic carbocycles. The Balaban J connectivity index is 1.94. The number of rotatable bonds is 4. The van der Waals surface area contributed by atoms with Crippen LogP contribution < -0.4 is 5.32 Å². The van der Waals surface area contributed by atoms with E-state index in [2.05, 4.69) is 5.32 Å². The van der Waals surface area contributed by atoms with Crippen molar-refractivity contribution in [3.8, 4) is 5.75 Å². The second kappa shape index (κ2) is 6.10. The van der Waals surface area contributed by atoms with Gasteiger partial charge in [-0.05, 0) is 35.7 Å². The third-order valence-electron chi connectivity index (χ3n) is 3.64. The van der Waals surface area contributed by atoms with Crippen molar-refractivity contribution in [1.82, 2.24) is 0 Å². The topological polar surface area (TPSA) is 86.6 Å². The third kappa shape index (κ3) is 3.32. The first kappa shape index (κ1) is 16.2. The predicted molar refractivity (Wildman–Crippen MR) is 89.2 cm³/mol. The van der Waals surface area contributed by atoms with Crippen LogP contribution in [0.15, 0.2) is 59.5 Å². The Morgan fingerprint density at radius 1 is 1.04 bits per heavy atom. The van der Waals surface area contributed by atoms with E-state index in [1.165, 1.54) is 12.1 Å². The first-order valence-electron chi connectivity index (χ1n) is 7.06. The molecule has 0 radical (unpaired) electrons. The number of benzene rings is 3. The molecule has 3 N–H and O–H groups in total. The molecule has 0 heterocycles. The molecule has 0 aromatic heterocycles. The summed E-state index contributed by atoms with van der Waals surface area (Å²) in [4.78, 5) is -0.390. The predicted octanol–water partition coefficient (Wildman–Crippen LogP) is 3.54. The van der Waals surface area contributed by atoms with E-state index >= 15 is 0 Å². The van der Waals surface area contributed by atoms with Gasteiger partial charge >= 0.3 is 0 Å². The van der Waals surface area contributed by atoms with Gasteiger partial charge < -0.3 is 10.4 Å². The summed E-state index contributed by atoms with van der Waals surface area (Å²) in [5, 5.41) is 13.8. The van der Waals surface area contributed by atoms with Crippen molar-refractivity contribution in [2.45, 2.75) is 11.4 Å². The fourth-order valence-corrected chi connectivity index (χ4v) is 2.96. The van der Waals surface area contributed by atoms with Crippen LogP contribution in [0.4, 0.5) is 10.1 Å². The largest absolute Gasteiger partial charge is 0.507 e. The number of fused-ring (bicyclic) bond motifs is 1. The Morgan fingerprint density at radius 3 is 2.50 bits per heavy atom. The molecule has 0 saturated heterocycles. The molecule has 0 aliphatic heterocycles. The van der Waals surface area contributed by atoms with Gasteiger partial charge in [0.05, 0.1) is 4.90 Å². The minimum atomic E-state index is -4.42. The summed E-state index contributed by atoms with van der Waals surface area (Å²) in [5.41, 5.74) is 1.12. The lowest BCUT2D eigenvalue weighted by Gasteiger charge is -2.10. The lowest BCUT2D eigenvalue weighted by Crippen LogP contribution is -2.02. The van der Waals surface area contributed by atoms with Gasteiger partial charge in [0.15, 0.2) is 0 Å². The van der Waals surface area contributed by atoms with Crippen LogP contribution in [0, 0.1) is 5.82 Å². The minimum absolute atomic E-state index is 0.249. The van der Waals surface area contributed by atoms with Crippen LogP contribution in [-0.2, 0) is 16.7 Å². The molecule has 0 atom stereocenters. The summed E-state index contributed by atoms with van der Waals surface area (Å²) in [6.07, 6.45) is 0. The standard InChI is InChI=1S/C17H14FNO4S/c18-16-4-2-1-3-11(16)10-19-13-5-6-15-12(7-13)8-14(9-17(15)20)24(21,22)23/h1-9,19-20H,10H2,(H,21,22,23). The smallest absolute Gasteiger partial charge is 0.294 e. The first-order chi connectivity index (χ1) is 11.3. The Morgan fingerprint density at radius 2 is 1.79 bits per heavy atom. The lowest BCUT2D eigenvalue weighted by atomic mass is 10.1. The average Bonchev–Trinajstić information content (AvgIpc) is 2.53. The second-order valence-electron chi connectivity index (χ2n) is 5.30. The molecule has 7 heteroatoms. The van der Waals surface area contributed by atoms with Gasteiger partial charge in [0, 0.05) is 29.2 Å². The summed E-state index contributed by atoms with van der Waals surface area (Å²) < 4.78 is 45.2. The van der Waals surface area contributed by atoms with Crippen molar-refractivity contribution in [1.29, 1.82) is 0 Å². The highest BCUT2D eigenvalue weighted by atomic mass is 32.2. The van der Waals surface area contributed by atoms with Gasteiger partial charge in [-0.15, -0.1) is 0 Å². The summed E-state index contributed by atoms with van der Waals surface area (Å²) >= 11 is 0. The fourth-order valence-electron chi connectivity index (χ4n) is 2.42. The van der Waals surface area contributed by atoms with Crippen LogP contribution in [0.25, 0.3) is 10.8 Å². The SMILES string of the molecule is O=S(=O)(O)c1cc(O)c2ccc(NCc3ccccc3F)cc2c1. The lowest BCUT2D eigenvalue weighted by molar-refractivity contribution is 0.471. The molecule has 0 bridgehead atoms. The van der Waals surface area contributed by atoms with Gasteiger partial charge in [0.1, 0.15) is 11.6 Å². The number of hydrogen-bond acceptors (Lipinski definition) is 4. The number of anilines is 1. The number of phenolic OH excluding ortho intramolecular Hbond substituents is 1.